The van der Waals surface area contributed by atoms with E-state index in [4.69, 9.17) is 0 Å². The van der Waals surface area contributed by atoms with E-state index in [2.05, 4.69) is 27.2 Å². The third-order valence-corrected chi connectivity index (χ3v) is 6.76. The zero-order valence-corrected chi connectivity index (χ0v) is 17.2. The number of phenols is 1. The van der Waals surface area contributed by atoms with Crippen LogP contribution in [-0.2, 0) is 4.79 Å². The highest BCUT2D eigenvalue weighted by atomic mass is 32.2. The number of para-hydroxylation sites is 1. The lowest BCUT2D eigenvalue weighted by molar-refractivity contribution is -0.115. The van der Waals surface area contributed by atoms with E-state index in [-0.39, 0.29) is 11.7 Å². The molecule has 0 aliphatic carbocycles. The first-order valence-corrected chi connectivity index (χ1v) is 11.0. The molecule has 0 spiro atoms. The number of carbonyl (C=O) groups is 1. The molecule has 2 saturated heterocycles. The molecule has 1 amide bonds. The number of aromatic hydroxyl groups is 1. The number of aliphatic imine (C=N–C) groups is 1. The highest BCUT2D eigenvalue weighted by molar-refractivity contribution is 8.18. The van der Waals surface area contributed by atoms with E-state index >= 15 is 0 Å². The van der Waals surface area contributed by atoms with Gasteiger partial charge in [0.2, 0.25) is 0 Å². The lowest BCUT2D eigenvalue weighted by atomic mass is 9.97. The number of aromatic nitrogens is 1. The monoisotopic (exact) mass is 414 g/mol. The molecule has 1 aromatic heterocycles. The molecule has 0 saturated carbocycles. The molecular formula is C20H22N4O2S2. The maximum atomic E-state index is 12.3. The molecule has 4 rings (SSSR count). The molecule has 8 heteroatoms. The second kappa shape index (κ2) is 8.46. The zero-order valence-electron chi connectivity index (χ0n) is 15.6. The minimum Gasteiger partial charge on any atom is -0.507 e. The smallest absolute Gasteiger partial charge is 0.264 e. The average Bonchev–Trinajstić information content (AvgIpc) is 3.29. The number of rotatable bonds is 4. The van der Waals surface area contributed by atoms with Crippen molar-refractivity contribution in [3.05, 3.63) is 40.2 Å². The maximum Gasteiger partial charge on any atom is 0.264 e. The molecule has 6 nitrogen and oxygen atoms in total. The standard InChI is InChI=1S/C20H22N4O2S2/c1-24-8-6-13(7-9-24)11-21-20-23-18(26)17(28-20)10-14-12-27-19(22-14)15-4-2-3-5-16(15)25/h2-5,10,12-13,25H,6-9,11H2,1H3,(H,21,23,26)/b17-10+. The molecule has 28 heavy (non-hydrogen) atoms. The quantitative estimate of drug-likeness (QED) is 0.750. The minimum absolute atomic E-state index is 0.135. The van der Waals surface area contributed by atoms with E-state index in [1.165, 1.54) is 23.1 Å². The second-order valence-electron chi connectivity index (χ2n) is 7.05. The van der Waals surface area contributed by atoms with Gasteiger partial charge in [-0.1, -0.05) is 12.1 Å². The molecule has 2 aliphatic rings. The lowest BCUT2D eigenvalue weighted by Crippen LogP contribution is -2.31. The highest BCUT2D eigenvalue weighted by Gasteiger charge is 2.25. The van der Waals surface area contributed by atoms with Crippen molar-refractivity contribution in [2.24, 2.45) is 10.9 Å². The van der Waals surface area contributed by atoms with Gasteiger partial charge in [-0.05, 0) is 68.9 Å². The number of amidine groups is 1. The minimum atomic E-state index is -0.135. The van der Waals surface area contributed by atoms with Crippen molar-refractivity contribution in [1.82, 2.24) is 15.2 Å². The summed E-state index contributed by atoms with van der Waals surface area (Å²) in [6.45, 7) is 2.99. The Morgan fingerprint density at radius 3 is 2.93 bits per heavy atom. The van der Waals surface area contributed by atoms with Crippen LogP contribution in [0.4, 0.5) is 0 Å². The summed E-state index contributed by atoms with van der Waals surface area (Å²) in [6.07, 6.45) is 4.09. The van der Waals surface area contributed by atoms with E-state index in [0.717, 1.165) is 37.5 Å². The Morgan fingerprint density at radius 2 is 2.14 bits per heavy atom. The number of nitrogens with one attached hydrogen (secondary N) is 1. The molecular weight excluding hydrogens is 392 g/mol. The molecule has 2 aromatic rings. The molecule has 2 N–H and O–H groups in total. The van der Waals surface area contributed by atoms with Gasteiger partial charge in [-0.15, -0.1) is 11.3 Å². The van der Waals surface area contributed by atoms with E-state index in [0.29, 0.717) is 27.2 Å². The normalized spacial score (nSPS) is 21.5. The Bertz CT molecular complexity index is 930. The maximum absolute atomic E-state index is 12.3. The number of amides is 1. The van der Waals surface area contributed by atoms with E-state index in [1.54, 1.807) is 18.2 Å². The summed E-state index contributed by atoms with van der Waals surface area (Å²) < 4.78 is 0. The Labute approximate surface area is 172 Å². The SMILES string of the molecule is CN1CCC(CN=C2NC(=O)/C(=C\c3csc(-c4ccccc4O)n3)S2)CC1. The van der Waals surface area contributed by atoms with Crippen molar-refractivity contribution in [2.75, 3.05) is 26.7 Å². The first-order chi connectivity index (χ1) is 13.6. The number of nitrogens with zero attached hydrogens (tertiary/aromatic N) is 3. The Kier molecular flexibility index (Phi) is 5.79. The number of carbonyl (C=O) groups excluding carboxylic acids is 1. The van der Waals surface area contributed by atoms with Crippen LogP contribution in [0.15, 0.2) is 39.5 Å². The molecule has 146 valence electrons. The van der Waals surface area contributed by atoms with Gasteiger partial charge in [-0.2, -0.15) is 0 Å². The number of phenolic OH excluding ortho intramolecular Hbond substituents is 1. The van der Waals surface area contributed by atoms with Crippen molar-refractivity contribution in [1.29, 1.82) is 0 Å². The number of thioether (sulfide) groups is 1. The second-order valence-corrected chi connectivity index (χ2v) is 8.94. The summed E-state index contributed by atoms with van der Waals surface area (Å²) >= 11 is 2.81. The van der Waals surface area contributed by atoms with Crippen molar-refractivity contribution in [2.45, 2.75) is 12.8 Å². The summed E-state index contributed by atoms with van der Waals surface area (Å²) in [4.78, 5) is 24.3. The summed E-state index contributed by atoms with van der Waals surface area (Å²) in [5, 5.41) is 16.1. The van der Waals surface area contributed by atoms with Crippen LogP contribution in [0.2, 0.25) is 0 Å². The fourth-order valence-electron chi connectivity index (χ4n) is 3.22. The third kappa shape index (κ3) is 4.45. The van der Waals surface area contributed by atoms with Gasteiger partial charge >= 0.3 is 0 Å². The zero-order chi connectivity index (χ0) is 19.5. The first kappa shape index (κ1) is 19.2. The van der Waals surface area contributed by atoms with Crippen molar-refractivity contribution < 1.29 is 9.90 Å². The van der Waals surface area contributed by atoms with Gasteiger partial charge < -0.3 is 15.3 Å². The van der Waals surface area contributed by atoms with Gasteiger partial charge in [0.1, 0.15) is 10.8 Å². The predicted octanol–water partition coefficient (Wildman–Crippen LogP) is 3.42. The number of likely N-dealkylation sites (tertiary alicyclic amines) is 1. The number of benzene rings is 1. The van der Waals surface area contributed by atoms with Crippen LogP contribution in [0.1, 0.15) is 18.5 Å². The topological polar surface area (TPSA) is 77.8 Å². The van der Waals surface area contributed by atoms with Crippen LogP contribution in [0.5, 0.6) is 5.75 Å². The van der Waals surface area contributed by atoms with Crippen LogP contribution in [0, 0.1) is 5.92 Å². The van der Waals surface area contributed by atoms with Crippen molar-refractivity contribution in [3.63, 3.8) is 0 Å². The van der Waals surface area contributed by atoms with Crippen LogP contribution in [0.3, 0.4) is 0 Å². The fraction of sp³-hybridized carbons (Fsp3) is 0.350. The van der Waals surface area contributed by atoms with Gasteiger partial charge in [0, 0.05) is 11.9 Å². The van der Waals surface area contributed by atoms with Crippen molar-refractivity contribution in [3.8, 4) is 16.3 Å². The third-order valence-electron chi connectivity index (χ3n) is 4.92. The van der Waals surface area contributed by atoms with Gasteiger partial charge in [-0.25, -0.2) is 4.98 Å². The highest BCUT2D eigenvalue weighted by Crippen LogP contribution is 2.33. The molecule has 3 heterocycles. The van der Waals surface area contributed by atoms with Gasteiger partial charge in [-0.3, -0.25) is 9.79 Å². The molecule has 0 atom stereocenters. The summed E-state index contributed by atoms with van der Waals surface area (Å²) in [7, 11) is 2.15. The van der Waals surface area contributed by atoms with Crippen LogP contribution in [0.25, 0.3) is 16.6 Å². The molecule has 0 radical (unpaired) electrons. The average molecular weight is 415 g/mol. The lowest BCUT2D eigenvalue weighted by Gasteiger charge is -2.27. The number of hydrogen-bond donors (Lipinski definition) is 2. The number of piperidine rings is 1. The predicted molar refractivity (Wildman–Crippen MR) is 115 cm³/mol. The van der Waals surface area contributed by atoms with Crippen LogP contribution < -0.4 is 5.32 Å². The molecule has 1 aromatic carbocycles. The van der Waals surface area contributed by atoms with E-state index < -0.39 is 0 Å². The van der Waals surface area contributed by atoms with Crippen molar-refractivity contribution >= 4 is 40.2 Å². The van der Waals surface area contributed by atoms with E-state index in [1.807, 2.05) is 17.5 Å². The largest absolute Gasteiger partial charge is 0.507 e. The Morgan fingerprint density at radius 1 is 1.36 bits per heavy atom. The first-order valence-electron chi connectivity index (χ1n) is 9.26. The van der Waals surface area contributed by atoms with E-state index in [9.17, 15) is 9.90 Å². The van der Waals surface area contributed by atoms with Gasteiger partial charge in [0.05, 0.1) is 16.2 Å². The number of thiazole rings is 1. The van der Waals surface area contributed by atoms with Crippen LogP contribution >= 0.6 is 23.1 Å². The molecule has 0 unspecified atom stereocenters. The molecule has 2 aliphatic heterocycles. The van der Waals surface area contributed by atoms with Gasteiger partial charge in [0.25, 0.3) is 5.91 Å². The Balaban J connectivity index is 1.42. The Hall–Kier alpha value is -2.16. The summed E-state index contributed by atoms with van der Waals surface area (Å²) in [5.74, 6) is 0.658. The molecule has 2 fully saturated rings. The number of hydrogen-bond acceptors (Lipinski definition) is 7. The fourth-order valence-corrected chi connectivity index (χ4v) is 4.85. The van der Waals surface area contributed by atoms with Crippen LogP contribution in [-0.4, -0.2) is 52.7 Å². The van der Waals surface area contributed by atoms with Gasteiger partial charge in [0.15, 0.2) is 5.17 Å². The molecule has 0 bridgehead atoms. The summed E-state index contributed by atoms with van der Waals surface area (Å²) in [5.41, 5.74) is 1.40. The summed E-state index contributed by atoms with van der Waals surface area (Å²) in [6, 6.07) is 7.11.